The summed E-state index contributed by atoms with van der Waals surface area (Å²) < 4.78 is 0. The molecule has 0 fully saturated rings. The Morgan fingerprint density at radius 1 is 1.07 bits per heavy atom. The van der Waals surface area contributed by atoms with Gasteiger partial charge in [-0.1, -0.05) is 5.11 Å². The van der Waals surface area contributed by atoms with E-state index < -0.39 is 37.6 Å². The van der Waals surface area contributed by atoms with Gasteiger partial charge in [0.1, 0.15) is 18.3 Å². The number of hydrogen-bond acceptors (Lipinski definition) is 6. The summed E-state index contributed by atoms with van der Waals surface area (Å²) in [5, 5.41) is 47.7. The van der Waals surface area contributed by atoms with Crippen LogP contribution in [-0.2, 0) is 0 Å². The third kappa shape index (κ3) is 3.88. The first-order valence-corrected chi connectivity index (χ1v) is 3.88. The van der Waals surface area contributed by atoms with Crippen molar-refractivity contribution >= 4 is 0 Å². The molecule has 82 valence electrons. The van der Waals surface area contributed by atoms with Gasteiger partial charge in [-0.15, -0.1) is 0 Å². The second-order valence-electron chi connectivity index (χ2n) is 2.71. The van der Waals surface area contributed by atoms with Gasteiger partial charge in [-0.2, -0.15) is 0 Å². The Labute approximate surface area is 79.7 Å². The van der Waals surface area contributed by atoms with E-state index in [1.807, 2.05) is 0 Å². The van der Waals surface area contributed by atoms with Crippen molar-refractivity contribution in [1.29, 1.82) is 0 Å². The smallest absolute Gasteiger partial charge is 0.110 e. The molecular formula is C6H13N3O5. The van der Waals surface area contributed by atoms with Crippen molar-refractivity contribution in [2.45, 2.75) is 24.4 Å². The second kappa shape index (κ2) is 6.55. The van der Waals surface area contributed by atoms with Crippen molar-refractivity contribution < 1.29 is 25.5 Å². The molecular weight excluding hydrogens is 194 g/mol. The Hall–Kier alpha value is -0.890. The highest BCUT2D eigenvalue weighted by Gasteiger charge is 2.29. The summed E-state index contributed by atoms with van der Waals surface area (Å²) >= 11 is 0. The van der Waals surface area contributed by atoms with Crippen LogP contribution >= 0.6 is 0 Å². The quantitative estimate of drug-likeness (QED) is 0.189. The van der Waals surface area contributed by atoms with Crippen LogP contribution in [0.2, 0.25) is 0 Å². The topological polar surface area (TPSA) is 150 Å². The second-order valence-corrected chi connectivity index (χ2v) is 2.71. The third-order valence-corrected chi connectivity index (χ3v) is 1.66. The molecule has 0 saturated carbocycles. The fraction of sp³-hybridized carbons (Fsp3) is 1.00. The zero-order valence-corrected chi connectivity index (χ0v) is 7.30. The summed E-state index contributed by atoms with van der Waals surface area (Å²) in [6.07, 6.45) is -6.40. The fourth-order valence-corrected chi connectivity index (χ4v) is 0.791. The van der Waals surface area contributed by atoms with Gasteiger partial charge in [-0.25, -0.2) is 0 Å². The number of hydrogen-bond donors (Lipinski definition) is 5. The summed E-state index contributed by atoms with van der Waals surface area (Å²) in [7, 11) is 0. The van der Waals surface area contributed by atoms with Crippen LogP contribution in [0.5, 0.6) is 0 Å². The number of nitrogens with zero attached hydrogens (tertiary/aromatic N) is 3. The normalized spacial score (nSPS) is 19.2. The molecule has 0 amide bonds. The lowest BCUT2D eigenvalue weighted by Gasteiger charge is -2.24. The minimum Gasteiger partial charge on any atom is -0.394 e. The number of aliphatic hydroxyl groups excluding tert-OH is 5. The van der Waals surface area contributed by atoms with E-state index in [0.717, 1.165) is 0 Å². The van der Waals surface area contributed by atoms with Crippen molar-refractivity contribution in [3.8, 4) is 0 Å². The largest absolute Gasteiger partial charge is 0.394 e. The molecule has 8 nitrogen and oxygen atoms in total. The van der Waals surface area contributed by atoms with Crippen molar-refractivity contribution in [3.63, 3.8) is 0 Å². The monoisotopic (exact) mass is 207 g/mol. The number of rotatable bonds is 6. The lowest BCUT2D eigenvalue weighted by molar-refractivity contribution is -0.112. The highest BCUT2D eigenvalue weighted by molar-refractivity contribution is 4.81. The van der Waals surface area contributed by atoms with Gasteiger partial charge >= 0.3 is 0 Å². The minimum atomic E-state index is -1.69. The molecule has 0 aromatic rings. The molecule has 0 radical (unpaired) electrons. The minimum absolute atomic E-state index is 0.424. The van der Waals surface area contributed by atoms with Crippen LogP contribution in [0.1, 0.15) is 0 Å². The van der Waals surface area contributed by atoms with Crippen molar-refractivity contribution in [1.82, 2.24) is 0 Å². The van der Waals surface area contributed by atoms with E-state index in [-0.39, 0.29) is 0 Å². The zero-order chi connectivity index (χ0) is 11.1. The standard InChI is InChI=1S/C6H13N3O5/c7-9-8-1-3(11)5(13)6(14)4(12)2-10/h3-6,10-14H,1-2H2/t3-,4+,5+,6-/m0/s1. The first-order chi connectivity index (χ1) is 6.54. The van der Waals surface area contributed by atoms with Crippen LogP contribution < -0.4 is 0 Å². The third-order valence-electron chi connectivity index (χ3n) is 1.66. The SMILES string of the molecule is [N-]=[N+]=NC[C@H](O)[C@@H](O)[C@@H](O)[C@H](O)CO. The lowest BCUT2D eigenvalue weighted by atomic mass is 10.0. The Morgan fingerprint density at radius 3 is 2.00 bits per heavy atom. The maximum atomic E-state index is 9.16. The average Bonchev–Trinajstić information content (AvgIpc) is 2.22. The maximum Gasteiger partial charge on any atom is 0.110 e. The molecule has 0 spiro atoms. The van der Waals surface area contributed by atoms with Gasteiger partial charge in [0.15, 0.2) is 0 Å². The zero-order valence-electron chi connectivity index (χ0n) is 7.30. The van der Waals surface area contributed by atoms with Crippen molar-refractivity contribution in [3.05, 3.63) is 10.4 Å². The molecule has 0 unspecified atom stereocenters. The van der Waals surface area contributed by atoms with Crippen LogP contribution in [0.3, 0.4) is 0 Å². The van der Waals surface area contributed by atoms with Crippen LogP contribution in [0, 0.1) is 0 Å². The van der Waals surface area contributed by atoms with Crippen molar-refractivity contribution in [2.75, 3.05) is 13.2 Å². The highest BCUT2D eigenvalue weighted by atomic mass is 16.4. The molecule has 0 saturated heterocycles. The molecule has 14 heavy (non-hydrogen) atoms. The van der Waals surface area contributed by atoms with E-state index in [4.69, 9.17) is 31.1 Å². The van der Waals surface area contributed by atoms with Gasteiger partial charge in [0.05, 0.1) is 19.3 Å². The molecule has 0 rings (SSSR count). The Bertz CT molecular complexity index is 208. The summed E-state index contributed by atoms with van der Waals surface area (Å²) in [5.74, 6) is 0. The van der Waals surface area contributed by atoms with Crippen LogP contribution in [-0.4, -0.2) is 63.1 Å². The Balaban J connectivity index is 4.15. The van der Waals surface area contributed by atoms with Gasteiger partial charge in [-0.05, 0) is 5.53 Å². The predicted octanol–water partition coefficient (Wildman–Crippen LogP) is -2.27. The molecule has 0 heterocycles. The molecule has 0 aromatic heterocycles. The summed E-state index contributed by atoms with van der Waals surface area (Å²) in [5.41, 5.74) is 7.90. The summed E-state index contributed by atoms with van der Waals surface area (Å²) in [6.45, 7) is -1.17. The fourth-order valence-electron chi connectivity index (χ4n) is 0.791. The van der Waals surface area contributed by atoms with Crippen LogP contribution in [0.25, 0.3) is 10.4 Å². The average molecular weight is 207 g/mol. The molecule has 0 aliphatic rings. The molecule has 5 N–H and O–H groups in total. The summed E-state index contributed by atoms with van der Waals surface area (Å²) in [6, 6.07) is 0. The number of aliphatic hydroxyl groups is 5. The number of azide groups is 1. The summed E-state index contributed by atoms with van der Waals surface area (Å²) in [4.78, 5) is 2.34. The van der Waals surface area contributed by atoms with Crippen LogP contribution in [0.15, 0.2) is 5.11 Å². The first-order valence-electron chi connectivity index (χ1n) is 3.88. The molecule has 0 aliphatic heterocycles. The Morgan fingerprint density at radius 2 is 1.57 bits per heavy atom. The molecule has 0 aromatic carbocycles. The van der Waals surface area contributed by atoms with Crippen LogP contribution in [0.4, 0.5) is 0 Å². The maximum absolute atomic E-state index is 9.16. The van der Waals surface area contributed by atoms with E-state index in [9.17, 15) is 0 Å². The van der Waals surface area contributed by atoms with Gasteiger partial charge in [0.2, 0.25) is 0 Å². The highest BCUT2D eigenvalue weighted by Crippen LogP contribution is 2.05. The van der Waals surface area contributed by atoms with E-state index >= 15 is 0 Å². The van der Waals surface area contributed by atoms with E-state index in [0.29, 0.717) is 0 Å². The lowest BCUT2D eigenvalue weighted by Crippen LogP contribution is -2.46. The van der Waals surface area contributed by atoms with Gasteiger partial charge in [0.25, 0.3) is 0 Å². The first kappa shape index (κ1) is 13.1. The van der Waals surface area contributed by atoms with Gasteiger partial charge < -0.3 is 25.5 Å². The van der Waals surface area contributed by atoms with E-state index in [1.165, 1.54) is 0 Å². The molecule has 0 aliphatic carbocycles. The Kier molecular flexibility index (Phi) is 6.13. The molecule has 4 atom stereocenters. The van der Waals surface area contributed by atoms with Crippen molar-refractivity contribution in [2.24, 2.45) is 5.11 Å². The molecule has 8 heteroatoms. The van der Waals surface area contributed by atoms with Gasteiger partial charge in [0, 0.05) is 4.91 Å². The van der Waals surface area contributed by atoms with E-state index in [2.05, 4.69) is 10.0 Å². The predicted molar refractivity (Wildman–Crippen MR) is 45.1 cm³/mol. The molecule has 0 bridgehead atoms. The van der Waals surface area contributed by atoms with E-state index in [1.54, 1.807) is 0 Å². The van der Waals surface area contributed by atoms with Gasteiger partial charge in [-0.3, -0.25) is 0 Å².